The van der Waals surface area contributed by atoms with Crippen LogP contribution in [0.25, 0.3) is 0 Å². The minimum atomic E-state index is -5.66. The molecule has 13 heteroatoms. The van der Waals surface area contributed by atoms with Gasteiger partial charge in [0.1, 0.15) is 0 Å². The number of ether oxygens (including phenoxy) is 2. The summed E-state index contributed by atoms with van der Waals surface area (Å²) in [6.45, 7) is -0.157. The molecule has 0 radical (unpaired) electrons. The molecule has 214 valence electrons. The zero-order valence-corrected chi connectivity index (χ0v) is 21.4. The van der Waals surface area contributed by atoms with Crippen LogP contribution < -0.4 is 19.7 Å². The van der Waals surface area contributed by atoms with Crippen LogP contribution in [0.5, 0.6) is 11.8 Å². The number of aromatic nitrogens is 2. The average molecular weight is 559 g/mol. The molecular formula is C26H31F5N4O4. The molecule has 1 saturated heterocycles. The fourth-order valence-corrected chi connectivity index (χ4v) is 4.65. The first-order valence-electron chi connectivity index (χ1n) is 12.8. The molecule has 1 saturated carbocycles. The van der Waals surface area contributed by atoms with Gasteiger partial charge in [0.2, 0.25) is 11.8 Å². The fourth-order valence-electron chi connectivity index (χ4n) is 4.65. The van der Waals surface area contributed by atoms with E-state index in [1.54, 1.807) is 6.20 Å². The number of piperidine rings is 1. The molecular weight excluding hydrogens is 527 g/mol. The van der Waals surface area contributed by atoms with Crippen molar-refractivity contribution in [2.75, 3.05) is 43.6 Å². The summed E-state index contributed by atoms with van der Waals surface area (Å²) in [4.78, 5) is 21.3. The third-order valence-corrected chi connectivity index (χ3v) is 7.03. The maximum Gasteiger partial charge on any atom is 0.455 e. The van der Waals surface area contributed by atoms with Crippen LogP contribution in [0.4, 0.5) is 33.3 Å². The maximum atomic E-state index is 13.5. The third kappa shape index (κ3) is 7.18. The first kappa shape index (κ1) is 28.6. The van der Waals surface area contributed by atoms with Crippen molar-refractivity contribution in [1.29, 1.82) is 0 Å². The SMILES string of the molecule is COc1cc(N2CCC(COc3nccc(CCC(=O)O)c3C3CC3)CC2)c(NCC(F)(F)C(F)(F)F)cn1. The Morgan fingerprint density at radius 3 is 2.49 bits per heavy atom. The molecule has 2 aromatic heterocycles. The largest absolute Gasteiger partial charge is 0.481 e. The Morgan fingerprint density at radius 2 is 1.87 bits per heavy atom. The number of methoxy groups -OCH3 is 1. The third-order valence-electron chi connectivity index (χ3n) is 7.03. The Kier molecular flexibility index (Phi) is 8.65. The van der Waals surface area contributed by atoms with Crippen LogP contribution >= 0.6 is 0 Å². The molecule has 0 spiro atoms. The number of carboxylic acid groups (broad SMARTS) is 1. The Balaban J connectivity index is 1.38. The number of halogens is 5. The summed E-state index contributed by atoms with van der Waals surface area (Å²) in [7, 11) is 1.39. The molecule has 0 atom stereocenters. The monoisotopic (exact) mass is 558 g/mol. The average Bonchev–Trinajstić information content (AvgIpc) is 3.74. The van der Waals surface area contributed by atoms with Crippen molar-refractivity contribution >= 4 is 17.3 Å². The van der Waals surface area contributed by atoms with Crippen molar-refractivity contribution in [3.8, 4) is 11.8 Å². The van der Waals surface area contributed by atoms with E-state index in [-0.39, 0.29) is 23.9 Å². The van der Waals surface area contributed by atoms with Gasteiger partial charge in [-0.3, -0.25) is 4.79 Å². The number of hydrogen-bond acceptors (Lipinski definition) is 7. The first-order chi connectivity index (χ1) is 18.5. The standard InChI is InChI=1S/C26H31F5N4O4/c1-38-21-12-20(19(13-33-21)34-15-25(27,28)26(29,30)31)35-10-7-16(8-11-35)14-39-24-23(17-2-3-17)18(6-9-32-24)4-5-22(36)37/h6,9,12-13,16-17,34H,2-5,7-8,10-11,14-15H2,1H3,(H,36,37). The highest BCUT2D eigenvalue weighted by Gasteiger charge is 2.57. The number of alkyl halides is 5. The van der Waals surface area contributed by atoms with Crippen LogP contribution in [0, 0.1) is 5.92 Å². The number of pyridine rings is 2. The Labute approximate surface area is 222 Å². The van der Waals surface area contributed by atoms with E-state index in [1.807, 2.05) is 11.0 Å². The highest BCUT2D eigenvalue weighted by Crippen LogP contribution is 2.46. The Morgan fingerprint density at radius 1 is 1.15 bits per heavy atom. The van der Waals surface area contributed by atoms with Gasteiger partial charge in [0.05, 0.1) is 37.8 Å². The van der Waals surface area contributed by atoms with Gasteiger partial charge in [-0.15, -0.1) is 0 Å². The van der Waals surface area contributed by atoms with Crippen molar-refractivity contribution in [2.45, 2.75) is 56.5 Å². The molecule has 0 bridgehead atoms. The molecule has 2 aromatic rings. The number of aryl methyl sites for hydroxylation is 1. The predicted molar refractivity (Wildman–Crippen MR) is 133 cm³/mol. The molecule has 4 rings (SSSR count). The number of nitrogens with zero attached hydrogens (tertiary/aromatic N) is 3. The smallest absolute Gasteiger partial charge is 0.455 e. The number of aliphatic carboxylic acids is 1. The quantitative estimate of drug-likeness (QED) is 0.340. The van der Waals surface area contributed by atoms with E-state index < -0.39 is 24.6 Å². The summed E-state index contributed by atoms with van der Waals surface area (Å²) in [5.41, 5.74) is 2.43. The van der Waals surface area contributed by atoms with Crippen LogP contribution in [0.15, 0.2) is 24.5 Å². The second kappa shape index (κ2) is 11.8. The van der Waals surface area contributed by atoms with Gasteiger partial charge in [-0.1, -0.05) is 0 Å². The van der Waals surface area contributed by atoms with Gasteiger partial charge < -0.3 is 24.8 Å². The summed E-state index contributed by atoms with van der Waals surface area (Å²) in [5, 5.41) is 11.3. The Hall–Kier alpha value is -3.38. The van der Waals surface area contributed by atoms with E-state index in [1.165, 1.54) is 19.4 Å². The lowest BCUT2D eigenvalue weighted by Gasteiger charge is -2.35. The molecule has 1 aliphatic carbocycles. The van der Waals surface area contributed by atoms with Gasteiger partial charge in [-0.05, 0) is 55.6 Å². The van der Waals surface area contributed by atoms with Gasteiger partial charge in [0.15, 0.2) is 0 Å². The Bertz CT molecular complexity index is 1150. The molecule has 8 nitrogen and oxygen atoms in total. The zero-order chi connectivity index (χ0) is 28.2. The zero-order valence-electron chi connectivity index (χ0n) is 21.4. The van der Waals surface area contributed by atoms with Crippen molar-refractivity contribution in [3.05, 3.63) is 35.7 Å². The van der Waals surface area contributed by atoms with E-state index in [9.17, 15) is 26.7 Å². The lowest BCUT2D eigenvalue weighted by Crippen LogP contribution is -2.43. The second-order valence-electron chi connectivity index (χ2n) is 9.90. The van der Waals surface area contributed by atoms with Gasteiger partial charge >= 0.3 is 18.1 Å². The number of rotatable bonds is 12. The van der Waals surface area contributed by atoms with Gasteiger partial charge in [-0.25, -0.2) is 9.97 Å². The minimum Gasteiger partial charge on any atom is -0.481 e. The van der Waals surface area contributed by atoms with E-state index >= 15 is 0 Å². The predicted octanol–water partition coefficient (Wildman–Crippen LogP) is 5.28. The molecule has 2 N–H and O–H groups in total. The number of carboxylic acids is 1. The van der Waals surface area contributed by atoms with Crippen molar-refractivity contribution in [2.24, 2.45) is 5.92 Å². The van der Waals surface area contributed by atoms with Crippen molar-refractivity contribution < 1.29 is 41.3 Å². The molecule has 39 heavy (non-hydrogen) atoms. The topological polar surface area (TPSA) is 96.8 Å². The fraction of sp³-hybridized carbons (Fsp3) is 0.577. The summed E-state index contributed by atoms with van der Waals surface area (Å²) >= 11 is 0. The molecule has 0 amide bonds. The van der Waals surface area contributed by atoms with Gasteiger partial charge in [-0.2, -0.15) is 22.0 Å². The highest BCUT2D eigenvalue weighted by atomic mass is 19.4. The van der Waals surface area contributed by atoms with Crippen LogP contribution in [0.3, 0.4) is 0 Å². The lowest BCUT2D eigenvalue weighted by atomic mass is 9.97. The summed E-state index contributed by atoms with van der Waals surface area (Å²) in [6, 6.07) is 3.36. The van der Waals surface area contributed by atoms with E-state index in [0.29, 0.717) is 56.4 Å². The van der Waals surface area contributed by atoms with Crippen LogP contribution in [0.1, 0.15) is 49.1 Å². The van der Waals surface area contributed by atoms with Crippen LogP contribution in [-0.2, 0) is 11.2 Å². The molecule has 2 aliphatic rings. The van der Waals surface area contributed by atoms with Gasteiger partial charge in [0, 0.05) is 37.3 Å². The van der Waals surface area contributed by atoms with Crippen molar-refractivity contribution in [3.63, 3.8) is 0 Å². The summed E-state index contributed by atoms with van der Waals surface area (Å²) in [6.07, 6.45) is 1.03. The van der Waals surface area contributed by atoms with E-state index in [2.05, 4.69) is 15.3 Å². The number of carbonyl (C=O) groups is 1. The van der Waals surface area contributed by atoms with Crippen LogP contribution in [0.2, 0.25) is 0 Å². The second-order valence-corrected chi connectivity index (χ2v) is 9.90. The van der Waals surface area contributed by atoms with Crippen molar-refractivity contribution in [1.82, 2.24) is 9.97 Å². The normalized spacial score (nSPS) is 16.7. The number of anilines is 2. The highest BCUT2D eigenvalue weighted by molar-refractivity contribution is 5.70. The molecule has 1 aliphatic heterocycles. The minimum absolute atomic E-state index is 0.0338. The molecule has 2 fully saturated rings. The van der Waals surface area contributed by atoms with E-state index in [0.717, 1.165) is 24.0 Å². The first-order valence-corrected chi connectivity index (χ1v) is 12.8. The molecule has 3 heterocycles. The van der Waals surface area contributed by atoms with E-state index in [4.69, 9.17) is 14.6 Å². The maximum absolute atomic E-state index is 13.5. The summed E-state index contributed by atoms with van der Waals surface area (Å²) in [5.74, 6) is -4.50. The lowest BCUT2D eigenvalue weighted by molar-refractivity contribution is -0.275. The number of hydrogen-bond donors (Lipinski definition) is 2. The summed E-state index contributed by atoms with van der Waals surface area (Å²) < 4.78 is 76.2. The molecule has 0 aromatic carbocycles. The van der Waals surface area contributed by atoms with Gasteiger partial charge in [0.25, 0.3) is 0 Å². The van der Waals surface area contributed by atoms with Crippen LogP contribution in [-0.4, -0.2) is 66.5 Å². The number of nitrogens with one attached hydrogen (secondary N) is 1. The molecule has 0 unspecified atom stereocenters.